The van der Waals surface area contributed by atoms with E-state index in [0.29, 0.717) is 5.69 Å². The Kier molecular flexibility index (Phi) is 3.33. The molecule has 0 heterocycles. The minimum atomic E-state index is -1.12. The van der Waals surface area contributed by atoms with Crippen molar-refractivity contribution < 1.29 is 19.8 Å². The second kappa shape index (κ2) is 5.18. The smallest absolute Gasteiger partial charge is 0.308 e. The van der Waals surface area contributed by atoms with Crippen LogP contribution in [-0.4, -0.2) is 22.2 Å². The first kappa shape index (κ1) is 14.1. The van der Waals surface area contributed by atoms with Gasteiger partial charge in [0.25, 0.3) is 0 Å². The van der Waals surface area contributed by atoms with Crippen LogP contribution in [0, 0.1) is 5.92 Å². The average molecular weight is 297 g/mol. The molecule has 5 nitrogen and oxygen atoms in total. The number of benzene rings is 2. The monoisotopic (exact) mass is 297 g/mol. The fraction of sp³-hybridized carbons (Fsp3) is 0.176. The van der Waals surface area contributed by atoms with Gasteiger partial charge in [0.05, 0.1) is 12.3 Å². The van der Waals surface area contributed by atoms with Gasteiger partial charge in [-0.25, -0.2) is 0 Å². The number of nitrogens with two attached hydrogens (primary N) is 1. The Balaban J connectivity index is 2.20. The molecular formula is C17H15NO4. The van der Waals surface area contributed by atoms with Crippen molar-refractivity contribution in [2.24, 2.45) is 5.92 Å². The Morgan fingerprint density at radius 1 is 1.05 bits per heavy atom. The third-order valence-corrected chi connectivity index (χ3v) is 4.11. The molecule has 0 saturated carbocycles. The van der Waals surface area contributed by atoms with Gasteiger partial charge in [0.1, 0.15) is 0 Å². The van der Waals surface area contributed by atoms with Gasteiger partial charge in [-0.05, 0) is 34.4 Å². The summed E-state index contributed by atoms with van der Waals surface area (Å²) in [4.78, 5) is 22.7. The molecule has 0 fully saturated rings. The molecule has 0 aromatic heterocycles. The molecule has 2 atom stereocenters. The van der Waals surface area contributed by atoms with Gasteiger partial charge in [0, 0.05) is 11.6 Å². The fourth-order valence-corrected chi connectivity index (χ4v) is 3.23. The second-order valence-corrected chi connectivity index (χ2v) is 5.45. The van der Waals surface area contributed by atoms with Gasteiger partial charge in [-0.15, -0.1) is 0 Å². The summed E-state index contributed by atoms with van der Waals surface area (Å²) in [6.07, 6.45) is -0.428. The predicted molar refractivity (Wildman–Crippen MR) is 81.5 cm³/mol. The lowest BCUT2D eigenvalue weighted by molar-refractivity contribution is -0.148. The summed E-state index contributed by atoms with van der Waals surface area (Å²) in [5, 5.41) is 18.6. The first-order valence-electron chi connectivity index (χ1n) is 6.92. The average Bonchev–Trinajstić information content (AvgIpc) is 2.77. The van der Waals surface area contributed by atoms with E-state index in [1.165, 1.54) is 0 Å². The highest BCUT2D eigenvalue weighted by atomic mass is 16.4. The number of anilines is 1. The van der Waals surface area contributed by atoms with Crippen LogP contribution in [0.3, 0.4) is 0 Å². The number of hydrogen-bond acceptors (Lipinski definition) is 3. The van der Waals surface area contributed by atoms with Gasteiger partial charge in [-0.3, -0.25) is 9.59 Å². The normalized spacial score (nSPS) is 16.6. The van der Waals surface area contributed by atoms with Crippen LogP contribution >= 0.6 is 0 Å². The molecule has 0 aliphatic heterocycles. The van der Waals surface area contributed by atoms with E-state index in [9.17, 15) is 14.7 Å². The van der Waals surface area contributed by atoms with Crippen LogP contribution in [0.25, 0.3) is 11.1 Å². The molecule has 1 aliphatic rings. The summed E-state index contributed by atoms with van der Waals surface area (Å²) in [7, 11) is 0. The molecule has 4 N–H and O–H groups in total. The molecule has 22 heavy (non-hydrogen) atoms. The van der Waals surface area contributed by atoms with E-state index in [4.69, 9.17) is 10.8 Å². The number of aliphatic carboxylic acids is 2. The van der Waals surface area contributed by atoms with Crippen molar-refractivity contribution in [1.29, 1.82) is 0 Å². The van der Waals surface area contributed by atoms with Crippen molar-refractivity contribution >= 4 is 17.6 Å². The molecule has 1 aliphatic carbocycles. The van der Waals surface area contributed by atoms with Gasteiger partial charge in [0.2, 0.25) is 0 Å². The molecule has 2 aromatic carbocycles. The third-order valence-electron chi connectivity index (χ3n) is 4.11. The molecule has 0 amide bonds. The Morgan fingerprint density at radius 3 is 2.41 bits per heavy atom. The molecule has 0 radical (unpaired) electrons. The lowest BCUT2D eigenvalue weighted by Gasteiger charge is -2.20. The minimum Gasteiger partial charge on any atom is -0.481 e. The summed E-state index contributed by atoms with van der Waals surface area (Å²) in [6, 6.07) is 12.9. The standard InChI is InChI=1S/C17H15NO4/c18-9-5-6-11-10-3-1-2-4-12(10)16(13(11)7-9)14(17(21)22)8-15(19)20/h1-7,14,16H,8,18H2,(H,19,20)(H,21,22)/t14-,16-/m1/s1. The van der Waals surface area contributed by atoms with Gasteiger partial charge < -0.3 is 15.9 Å². The van der Waals surface area contributed by atoms with Crippen LogP contribution in [0.1, 0.15) is 23.5 Å². The van der Waals surface area contributed by atoms with Crippen LogP contribution in [-0.2, 0) is 9.59 Å². The fourth-order valence-electron chi connectivity index (χ4n) is 3.23. The zero-order valence-corrected chi connectivity index (χ0v) is 11.7. The lowest BCUT2D eigenvalue weighted by atomic mass is 9.82. The molecule has 0 spiro atoms. The van der Waals surface area contributed by atoms with Gasteiger partial charge in [-0.1, -0.05) is 30.3 Å². The molecule has 5 heteroatoms. The topological polar surface area (TPSA) is 101 Å². The summed E-state index contributed by atoms with van der Waals surface area (Å²) < 4.78 is 0. The molecule has 2 aromatic rings. The lowest BCUT2D eigenvalue weighted by Crippen LogP contribution is -2.24. The van der Waals surface area contributed by atoms with Crippen molar-refractivity contribution in [3.05, 3.63) is 53.6 Å². The highest BCUT2D eigenvalue weighted by molar-refractivity contribution is 5.86. The van der Waals surface area contributed by atoms with Gasteiger partial charge in [-0.2, -0.15) is 0 Å². The summed E-state index contributed by atoms with van der Waals surface area (Å²) in [6.45, 7) is 0. The molecule has 112 valence electrons. The number of fused-ring (bicyclic) bond motifs is 3. The van der Waals surface area contributed by atoms with E-state index >= 15 is 0 Å². The van der Waals surface area contributed by atoms with E-state index in [0.717, 1.165) is 22.3 Å². The zero-order valence-electron chi connectivity index (χ0n) is 11.7. The van der Waals surface area contributed by atoms with Crippen LogP contribution in [0.4, 0.5) is 5.69 Å². The largest absolute Gasteiger partial charge is 0.481 e. The zero-order chi connectivity index (χ0) is 15.9. The van der Waals surface area contributed by atoms with Crippen molar-refractivity contribution in [1.82, 2.24) is 0 Å². The highest BCUT2D eigenvalue weighted by Crippen LogP contribution is 2.49. The second-order valence-electron chi connectivity index (χ2n) is 5.45. The van der Waals surface area contributed by atoms with E-state index in [1.54, 1.807) is 12.1 Å². The number of nitrogen functional groups attached to an aromatic ring is 1. The van der Waals surface area contributed by atoms with E-state index in [1.807, 2.05) is 30.3 Å². The number of hydrogen-bond donors (Lipinski definition) is 3. The van der Waals surface area contributed by atoms with Crippen molar-refractivity contribution in [2.75, 3.05) is 5.73 Å². The molecular weight excluding hydrogens is 282 g/mol. The SMILES string of the molecule is Nc1ccc2c(c1)[C@H]([C@@H](CC(=O)O)C(=O)O)c1ccccc1-2. The Hall–Kier alpha value is -2.82. The van der Waals surface area contributed by atoms with Crippen molar-refractivity contribution in [3.63, 3.8) is 0 Å². The third kappa shape index (κ3) is 2.20. The minimum absolute atomic E-state index is 0.428. The van der Waals surface area contributed by atoms with E-state index in [2.05, 4.69) is 0 Å². The molecule has 0 saturated heterocycles. The first-order chi connectivity index (χ1) is 10.5. The van der Waals surface area contributed by atoms with E-state index in [-0.39, 0.29) is 0 Å². The molecule has 0 bridgehead atoms. The first-order valence-corrected chi connectivity index (χ1v) is 6.92. The Bertz CT molecular complexity index is 769. The summed E-state index contributed by atoms with van der Waals surface area (Å²) in [5.41, 5.74) is 9.88. The van der Waals surface area contributed by atoms with Crippen molar-refractivity contribution in [2.45, 2.75) is 12.3 Å². The van der Waals surface area contributed by atoms with Crippen molar-refractivity contribution in [3.8, 4) is 11.1 Å². The molecule has 3 rings (SSSR count). The highest BCUT2D eigenvalue weighted by Gasteiger charge is 2.39. The molecule has 0 unspecified atom stereocenters. The summed E-state index contributed by atoms with van der Waals surface area (Å²) in [5.74, 6) is -3.76. The maximum atomic E-state index is 11.6. The van der Waals surface area contributed by atoms with Crippen LogP contribution in [0.2, 0.25) is 0 Å². The Morgan fingerprint density at radius 2 is 1.73 bits per heavy atom. The van der Waals surface area contributed by atoms with Crippen LogP contribution in [0.5, 0.6) is 0 Å². The van der Waals surface area contributed by atoms with Crippen LogP contribution < -0.4 is 5.73 Å². The van der Waals surface area contributed by atoms with E-state index < -0.39 is 30.2 Å². The number of rotatable bonds is 4. The van der Waals surface area contributed by atoms with Gasteiger partial charge in [0.15, 0.2) is 0 Å². The number of carboxylic acids is 2. The maximum Gasteiger partial charge on any atom is 0.308 e. The Labute approximate surface area is 127 Å². The van der Waals surface area contributed by atoms with Crippen LogP contribution in [0.15, 0.2) is 42.5 Å². The number of carboxylic acid groups (broad SMARTS) is 2. The quantitative estimate of drug-likeness (QED) is 0.753. The summed E-state index contributed by atoms with van der Waals surface area (Å²) >= 11 is 0. The number of carbonyl (C=O) groups is 2. The van der Waals surface area contributed by atoms with Gasteiger partial charge >= 0.3 is 11.9 Å². The maximum absolute atomic E-state index is 11.6. The predicted octanol–water partition coefficient (Wildman–Crippen LogP) is 2.56.